The number of benzene rings is 1. The molecule has 3 nitrogen and oxygen atoms in total. The maximum Gasteiger partial charge on any atom is 0.160 e. The third kappa shape index (κ3) is 4.75. The quantitative estimate of drug-likeness (QED) is 0.793. The third-order valence-corrected chi connectivity index (χ3v) is 3.67. The summed E-state index contributed by atoms with van der Waals surface area (Å²) in [4.78, 5) is 0. The summed E-state index contributed by atoms with van der Waals surface area (Å²) in [5.74, 6) is 2.75. The molecule has 0 aliphatic rings. The second kappa shape index (κ2) is 7.39. The minimum absolute atomic E-state index is 0.200. The molecule has 1 aromatic rings. The molecule has 0 spiro atoms. The first-order valence-corrected chi connectivity index (χ1v) is 7.02. The zero-order valence-electron chi connectivity index (χ0n) is 12.7. The van der Waals surface area contributed by atoms with E-state index in [1.54, 1.807) is 19.2 Å². The van der Waals surface area contributed by atoms with E-state index in [-0.39, 0.29) is 5.75 Å². The van der Waals surface area contributed by atoms with E-state index in [4.69, 9.17) is 4.74 Å². The topological polar surface area (TPSA) is 41.5 Å². The van der Waals surface area contributed by atoms with Gasteiger partial charge in [0.1, 0.15) is 0 Å². The predicted molar refractivity (Wildman–Crippen MR) is 79.5 cm³/mol. The number of nitrogens with one attached hydrogen (secondary N) is 1. The van der Waals surface area contributed by atoms with Crippen LogP contribution in [-0.4, -0.2) is 18.8 Å². The Morgan fingerprint density at radius 2 is 1.79 bits per heavy atom. The van der Waals surface area contributed by atoms with Gasteiger partial charge in [-0.05, 0) is 42.0 Å². The molecule has 0 aliphatic heterocycles. The highest BCUT2D eigenvalue weighted by molar-refractivity contribution is 5.41. The Kier molecular flexibility index (Phi) is 6.16. The average molecular weight is 265 g/mol. The Balaban J connectivity index is 2.51. The number of hydrogen-bond acceptors (Lipinski definition) is 3. The van der Waals surface area contributed by atoms with E-state index in [1.807, 2.05) is 6.07 Å². The Bertz CT molecular complexity index is 380. The highest BCUT2D eigenvalue weighted by Crippen LogP contribution is 2.26. The zero-order valence-corrected chi connectivity index (χ0v) is 12.7. The lowest BCUT2D eigenvalue weighted by Gasteiger charge is -2.25. The number of phenols is 1. The Hall–Kier alpha value is -1.22. The standard InChI is InChI=1S/C16H27NO2/c1-11(2)14(12(3)4)10-17-9-13-6-7-16(19-5)15(18)8-13/h6-8,11-12,14,17-18H,9-10H2,1-5H3. The van der Waals surface area contributed by atoms with Gasteiger partial charge in [-0.1, -0.05) is 33.8 Å². The van der Waals surface area contributed by atoms with Gasteiger partial charge >= 0.3 is 0 Å². The van der Waals surface area contributed by atoms with Gasteiger partial charge in [0.15, 0.2) is 11.5 Å². The van der Waals surface area contributed by atoms with E-state index in [1.165, 1.54) is 0 Å². The van der Waals surface area contributed by atoms with Crippen LogP contribution in [0.2, 0.25) is 0 Å². The Morgan fingerprint density at radius 1 is 1.16 bits per heavy atom. The molecule has 0 radical (unpaired) electrons. The number of ether oxygens (including phenoxy) is 1. The number of hydrogen-bond donors (Lipinski definition) is 2. The summed E-state index contributed by atoms with van der Waals surface area (Å²) in [5, 5.41) is 13.2. The van der Waals surface area contributed by atoms with E-state index in [0.29, 0.717) is 23.5 Å². The van der Waals surface area contributed by atoms with E-state index in [0.717, 1.165) is 18.7 Å². The monoisotopic (exact) mass is 265 g/mol. The number of methoxy groups -OCH3 is 1. The van der Waals surface area contributed by atoms with Gasteiger partial charge in [-0.25, -0.2) is 0 Å². The molecule has 19 heavy (non-hydrogen) atoms. The second-order valence-corrected chi connectivity index (χ2v) is 5.79. The van der Waals surface area contributed by atoms with Crippen molar-refractivity contribution >= 4 is 0 Å². The summed E-state index contributed by atoms with van der Waals surface area (Å²) < 4.78 is 5.04. The van der Waals surface area contributed by atoms with Crippen LogP contribution in [0.15, 0.2) is 18.2 Å². The molecule has 2 N–H and O–H groups in total. The van der Waals surface area contributed by atoms with Crippen LogP contribution in [0.3, 0.4) is 0 Å². The van der Waals surface area contributed by atoms with Gasteiger partial charge in [0.2, 0.25) is 0 Å². The predicted octanol–water partition coefficient (Wildman–Crippen LogP) is 3.42. The molecule has 0 saturated heterocycles. The van der Waals surface area contributed by atoms with E-state index < -0.39 is 0 Å². The molecule has 0 saturated carbocycles. The van der Waals surface area contributed by atoms with E-state index >= 15 is 0 Å². The lowest BCUT2D eigenvalue weighted by molar-refractivity contribution is 0.275. The molecule has 0 unspecified atom stereocenters. The average Bonchev–Trinajstić information content (AvgIpc) is 2.33. The van der Waals surface area contributed by atoms with Crippen LogP contribution in [-0.2, 0) is 6.54 Å². The molecule has 0 amide bonds. The molecule has 1 aromatic carbocycles. The lowest BCUT2D eigenvalue weighted by Crippen LogP contribution is -2.29. The van der Waals surface area contributed by atoms with Gasteiger partial charge in [-0.3, -0.25) is 0 Å². The summed E-state index contributed by atoms with van der Waals surface area (Å²) in [7, 11) is 1.56. The minimum Gasteiger partial charge on any atom is -0.504 e. The van der Waals surface area contributed by atoms with Crippen LogP contribution >= 0.6 is 0 Å². The van der Waals surface area contributed by atoms with Crippen molar-refractivity contribution in [1.82, 2.24) is 5.32 Å². The molecule has 108 valence electrons. The largest absolute Gasteiger partial charge is 0.504 e. The van der Waals surface area contributed by atoms with Crippen LogP contribution < -0.4 is 10.1 Å². The molecule has 3 heteroatoms. The van der Waals surface area contributed by atoms with Crippen molar-refractivity contribution in [1.29, 1.82) is 0 Å². The smallest absolute Gasteiger partial charge is 0.160 e. The first-order valence-electron chi connectivity index (χ1n) is 7.02. The number of rotatable bonds is 7. The van der Waals surface area contributed by atoms with Crippen LogP contribution in [0.1, 0.15) is 33.3 Å². The van der Waals surface area contributed by atoms with Crippen molar-refractivity contribution in [2.45, 2.75) is 34.2 Å². The molecular weight excluding hydrogens is 238 g/mol. The van der Waals surface area contributed by atoms with Gasteiger partial charge in [-0.15, -0.1) is 0 Å². The fourth-order valence-electron chi connectivity index (χ4n) is 2.47. The summed E-state index contributed by atoms with van der Waals surface area (Å²) in [5.41, 5.74) is 1.07. The second-order valence-electron chi connectivity index (χ2n) is 5.79. The van der Waals surface area contributed by atoms with Gasteiger partial charge in [0.25, 0.3) is 0 Å². The SMILES string of the molecule is COc1ccc(CNCC(C(C)C)C(C)C)cc1O. The minimum atomic E-state index is 0.200. The highest BCUT2D eigenvalue weighted by Gasteiger charge is 2.16. The number of aromatic hydroxyl groups is 1. The molecule has 1 rings (SSSR count). The summed E-state index contributed by atoms with van der Waals surface area (Å²) in [6.45, 7) is 10.9. The maximum absolute atomic E-state index is 9.72. The number of phenolic OH excluding ortho intramolecular Hbond substituents is 1. The first kappa shape index (κ1) is 15.8. The molecule has 0 bridgehead atoms. The summed E-state index contributed by atoms with van der Waals surface area (Å²) >= 11 is 0. The summed E-state index contributed by atoms with van der Waals surface area (Å²) in [6.07, 6.45) is 0. The molecule has 0 atom stereocenters. The molecule has 0 aliphatic carbocycles. The van der Waals surface area contributed by atoms with Gasteiger partial charge in [0, 0.05) is 6.54 Å². The highest BCUT2D eigenvalue weighted by atomic mass is 16.5. The first-order chi connectivity index (χ1) is 8.95. The Morgan fingerprint density at radius 3 is 2.26 bits per heavy atom. The van der Waals surface area contributed by atoms with Gasteiger partial charge < -0.3 is 15.2 Å². The van der Waals surface area contributed by atoms with Crippen LogP contribution in [0.5, 0.6) is 11.5 Å². The van der Waals surface area contributed by atoms with E-state index in [2.05, 4.69) is 33.0 Å². The van der Waals surface area contributed by atoms with Crippen molar-refractivity contribution < 1.29 is 9.84 Å². The zero-order chi connectivity index (χ0) is 14.4. The fourth-order valence-corrected chi connectivity index (χ4v) is 2.47. The van der Waals surface area contributed by atoms with Crippen molar-refractivity contribution in [2.24, 2.45) is 17.8 Å². The lowest BCUT2D eigenvalue weighted by atomic mass is 9.85. The van der Waals surface area contributed by atoms with Gasteiger partial charge in [-0.2, -0.15) is 0 Å². The van der Waals surface area contributed by atoms with Crippen molar-refractivity contribution in [3.63, 3.8) is 0 Å². The normalized spacial score (nSPS) is 11.6. The fraction of sp³-hybridized carbons (Fsp3) is 0.625. The van der Waals surface area contributed by atoms with Crippen molar-refractivity contribution in [3.05, 3.63) is 23.8 Å². The molecule has 0 fully saturated rings. The van der Waals surface area contributed by atoms with Crippen LogP contribution in [0.4, 0.5) is 0 Å². The van der Waals surface area contributed by atoms with Crippen LogP contribution in [0.25, 0.3) is 0 Å². The van der Waals surface area contributed by atoms with Gasteiger partial charge in [0.05, 0.1) is 7.11 Å². The van der Waals surface area contributed by atoms with Crippen molar-refractivity contribution in [2.75, 3.05) is 13.7 Å². The Labute approximate surface area is 117 Å². The molecule has 0 heterocycles. The van der Waals surface area contributed by atoms with Crippen molar-refractivity contribution in [3.8, 4) is 11.5 Å². The molecular formula is C16H27NO2. The summed E-state index contributed by atoms with van der Waals surface area (Å²) in [6, 6.07) is 5.53. The van der Waals surface area contributed by atoms with E-state index in [9.17, 15) is 5.11 Å². The maximum atomic E-state index is 9.72. The third-order valence-electron chi connectivity index (χ3n) is 3.67. The van der Waals surface area contributed by atoms with Crippen LogP contribution in [0, 0.1) is 17.8 Å². The molecule has 0 aromatic heterocycles.